The lowest BCUT2D eigenvalue weighted by molar-refractivity contribution is -0.196. The van der Waals surface area contributed by atoms with Gasteiger partial charge in [0.05, 0.1) is 14.2 Å². The smallest absolute Gasteiger partial charge is 0.240 e. The Kier molecular flexibility index (Phi) is 8.54. The Morgan fingerprint density at radius 3 is 1.42 bits per heavy atom. The van der Waals surface area contributed by atoms with Crippen molar-refractivity contribution in [2.75, 3.05) is 42.7 Å². The summed E-state index contributed by atoms with van der Waals surface area (Å²) in [7, 11) is 3.82. The number of carbonyl (C=O) groups excluding carboxylic acids is 2. The van der Waals surface area contributed by atoms with Crippen molar-refractivity contribution in [3.05, 3.63) is 78.3 Å². The molecule has 0 aliphatic heterocycles. The maximum atomic E-state index is 14.9. The molecule has 0 bridgehead atoms. The van der Waals surface area contributed by atoms with E-state index in [1.165, 1.54) is 79.1 Å². The molecule has 1 aromatic rings. The van der Waals surface area contributed by atoms with Crippen LogP contribution in [0.2, 0.25) is 0 Å². The van der Waals surface area contributed by atoms with E-state index in [9.17, 15) is 14.2 Å². The summed E-state index contributed by atoms with van der Waals surface area (Å²) in [5, 5.41) is 0.0760. The van der Waals surface area contributed by atoms with E-state index in [1.807, 2.05) is 0 Å². The number of methoxy groups -OCH3 is 6. The average molecular weight is 518 g/mol. The fraction of sp³-hybridized carbons (Fsp3) is 0.385. The molecule has 0 saturated heterocycles. The van der Waals surface area contributed by atoms with Gasteiger partial charge in [-0.15, -0.1) is 0 Å². The molecule has 2 unspecified atom stereocenters. The monoisotopic (exact) mass is 518 g/mol. The van der Waals surface area contributed by atoms with Crippen LogP contribution < -0.4 is 5.30 Å². The summed E-state index contributed by atoms with van der Waals surface area (Å²) in [6, 6.07) is 7.91. The molecule has 0 spiro atoms. The van der Waals surface area contributed by atoms with E-state index >= 15 is 0 Å². The Morgan fingerprint density at radius 2 is 1.08 bits per heavy atom. The van der Waals surface area contributed by atoms with Crippen LogP contribution in [-0.2, 0) is 42.6 Å². The number of ether oxygens (including phenoxy) is 6. The van der Waals surface area contributed by atoms with Gasteiger partial charge in [0, 0.05) is 45.9 Å². The predicted octanol–water partition coefficient (Wildman–Crippen LogP) is 3.14. The van der Waals surface area contributed by atoms with Crippen LogP contribution in [0.1, 0.15) is 0 Å². The van der Waals surface area contributed by atoms with Crippen molar-refractivity contribution in [1.29, 1.82) is 0 Å². The molecule has 1 aromatic carbocycles. The Hall–Kier alpha value is -2.81. The number of hydrogen-bond donors (Lipinski definition) is 0. The number of benzene rings is 1. The largest absolute Gasteiger partial charge is 0.497 e. The van der Waals surface area contributed by atoms with Gasteiger partial charge in [0.2, 0.25) is 29.8 Å². The molecule has 2 atom stereocenters. The normalized spacial score (nSPS) is 23.7. The van der Waals surface area contributed by atoms with Crippen molar-refractivity contribution < 1.29 is 42.6 Å². The summed E-state index contributed by atoms with van der Waals surface area (Å²) in [6.07, 6.45) is 8.96. The zero-order chi connectivity index (χ0) is 26.6. The van der Waals surface area contributed by atoms with Gasteiger partial charge in [0.1, 0.15) is 23.4 Å². The van der Waals surface area contributed by atoms with Crippen molar-refractivity contribution in [3.8, 4) is 0 Å². The molecule has 0 radical (unpaired) electrons. The maximum Gasteiger partial charge on any atom is 0.240 e. The molecular formula is C26H31O9P. The number of carbonyl (C=O) groups is 2. The van der Waals surface area contributed by atoms with Gasteiger partial charge in [-0.3, -0.25) is 9.59 Å². The summed E-state index contributed by atoms with van der Waals surface area (Å²) in [4.78, 5) is 28.5. The first-order chi connectivity index (χ1) is 17.2. The predicted molar refractivity (Wildman–Crippen MR) is 133 cm³/mol. The molecule has 2 aliphatic carbocycles. The molecule has 10 heteroatoms. The second kappa shape index (κ2) is 11.1. The van der Waals surface area contributed by atoms with Crippen LogP contribution in [0.5, 0.6) is 0 Å². The zero-order valence-electron chi connectivity index (χ0n) is 21.1. The molecule has 0 saturated carbocycles. The molecule has 2 aliphatic rings. The van der Waals surface area contributed by atoms with E-state index in [2.05, 4.69) is 0 Å². The minimum absolute atomic E-state index is 0.0760. The van der Waals surface area contributed by atoms with Crippen LogP contribution >= 0.6 is 7.14 Å². The van der Waals surface area contributed by atoms with Crippen molar-refractivity contribution in [2.45, 2.75) is 11.6 Å². The van der Waals surface area contributed by atoms with Gasteiger partial charge in [-0.05, 0) is 12.2 Å². The molecule has 194 valence electrons. The molecule has 0 heterocycles. The topological polar surface area (TPSA) is 107 Å². The Morgan fingerprint density at radius 1 is 0.694 bits per heavy atom. The first-order valence-corrected chi connectivity index (χ1v) is 12.8. The van der Waals surface area contributed by atoms with E-state index in [4.69, 9.17) is 28.4 Å². The first kappa shape index (κ1) is 27.8. The second-order valence-electron chi connectivity index (χ2n) is 8.06. The lowest BCUT2D eigenvalue weighted by atomic mass is 9.93. The fourth-order valence-electron chi connectivity index (χ4n) is 4.39. The first-order valence-electron chi connectivity index (χ1n) is 11.1. The van der Waals surface area contributed by atoms with Crippen molar-refractivity contribution in [2.24, 2.45) is 11.8 Å². The average Bonchev–Trinajstić information content (AvgIpc) is 2.95. The highest BCUT2D eigenvalue weighted by Crippen LogP contribution is 2.56. The van der Waals surface area contributed by atoms with Gasteiger partial charge >= 0.3 is 0 Å². The van der Waals surface area contributed by atoms with E-state index in [0.29, 0.717) is 11.5 Å². The van der Waals surface area contributed by atoms with E-state index in [1.54, 1.807) is 30.4 Å². The molecular weight excluding hydrogens is 487 g/mol. The lowest BCUT2D eigenvalue weighted by Gasteiger charge is -2.39. The van der Waals surface area contributed by atoms with Crippen molar-refractivity contribution >= 4 is 23.5 Å². The number of rotatable bonds is 11. The Balaban J connectivity index is 2.19. The summed E-state index contributed by atoms with van der Waals surface area (Å²) in [5.41, 5.74) is -1.72. The Bertz CT molecular complexity index is 1070. The molecule has 0 fully saturated rings. The van der Waals surface area contributed by atoms with Crippen LogP contribution in [0.25, 0.3) is 0 Å². The van der Waals surface area contributed by atoms with Crippen molar-refractivity contribution in [1.82, 2.24) is 0 Å². The van der Waals surface area contributed by atoms with Crippen molar-refractivity contribution in [3.63, 3.8) is 0 Å². The minimum atomic E-state index is -4.50. The van der Waals surface area contributed by atoms with Gasteiger partial charge in [-0.2, -0.15) is 0 Å². The van der Waals surface area contributed by atoms with Gasteiger partial charge in [-0.25, -0.2) is 0 Å². The van der Waals surface area contributed by atoms with Gasteiger partial charge in [-0.1, -0.05) is 42.5 Å². The third kappa shape index (κ3) is 4.53. The Labute approximate surface area is 210 Å². The highest BCUT2D eigenvalue weighted by Gasteiger charge is 2.57. The molecule has 3 rings (SSSR count). The number of hydrogen-bond acceptors (Lipinski definition) is 9. The highest BCUT2D eigenvalue weighted by atomic mass is 31.2. The van der Waals surface area contributed by atoms with Gasteiger partial charge in [0.25, 0.3) is 0 Å². The van der Waals surface area contributed by atoms with Crippen LogP contribution in [0.3, 0.4) is 0 Å². The summed E-state index contributed by atoms with van der Waals surface area (Å²) in [5.74, 6) is -4.97. The van der Waals surface area contributed by atoms with Crippen LogP contribution in [-0.4, -0.2) is 65.3 Å². The lowest BCUT2D eigenvalue weighted by Crippen LogP contribution is -2.49. The zero-order valence-corrected chi connectivity index (χ0v) is 22.0. The van der Waals surface area contributed by atoms with Gasteiger partial charge < -0.3 is 33.0 Å². The van der Waals surface area contributed by atoms with Crippen LogP contribution in [0.15, 0.2) is 78.3 Å². The van der Waals surface area contributed by atoms with Crippen LogP contribution in [0.4, 0.5) is 0 Å². The van der Waals surface area contributed by atoms with Crippen LogP contribution in [0, 0.1) is 11.8 Å². The third-order valence-electron chi connectivity index (χ3n) is 6.48. The quantitative estimate of drug-likeness (QED) is 0.323. The second-order valence-corrected chi connectivity index (χ2v) is 10.7. The standard InChI is InChI=1S/C26H31O9P/c1-30-18-12-14-21(25(16-18,32-3)33-4)23(27)36(29,20-10-8-7-9-11-20)24(28)22-15-13-19(31-2)17-26(22,34-5)35-6/h7-17,21-22H,1-6H3. The maximum absolute atomic E-state index is 14.9. The molecule has 0 N–H and O–H groups in total. The summed E-state index contributed by atoms with van der Waals surface area (Å²) < 4.78 is 47.8. The SMILES string of the molecule is COC1=CC(OC)(OC)C(C(=O)P(=O)(C(=O)C2C=CC(OC)=CC2(OC)OC)c2ccccc2)C=C1. The fourth-order valence-corrected chi connectivity index (χ4v) is 7.02. The molecule has 36 heavy (non-hydrogen) atoms. The summed E-state index contributed by atoms with van der Waals surface area (Å²) >= 11 is 0. The third-order valence-corrected chi connectivity index (χ3v) is 9.30. The highest BCUT2D eigenvalue weighted by molar-refractivity contribution is 8.00. The van der Waals surface area contributed by atoms with E-state index in [-0.39, 0.29) is 5.30 Å². The summed E-state index contributed by atoms with van der Waals surface area (Å²) in [6.45, 7) is 0. The molecule has 9 nitrogen and oxygen atoms in total. The van der Waals surface area contributed by atoms with E-state index in [0.717, 1.165) is 0 Å². The van der Waals surface area contributed by atoms with Gasteiger partial charge in [0.15, 0.2) is 0 Å². The van der Waals surface area contributed by atoms with E-state index < -0.39 is 41.6 Å². The molecule has 0 aromatic heterocycles. The minimum Gasteiger partial charge on any atom is -0.497 e. The molecule has 0 amide bonds. The number of allylic oxidation sites excluding steroid dienone is 2.